The van der Waals surface area contributed by atoms with E-state index in [4.69, 9.17) is 18.5 Å². The van der Waals surface area contributed by atoms with E-state index in [1.165, 1.54) is 14.2 Å². The Bertz CT molecular complexity index is 355. The molecular weight excluding hydrogens is 243 g/mol. The van der Waals surface area contributed by atoms with Crippen LogP contribution in [0.2, 0.25) is 0 Å². The Morgan fingerprint density at radius 1 is 1.24 bits per heavy atom. The molecule has 1 unspecified atom stereocenters. The minimum atomic E-state index is -0.142. The van der Waals surface area contributed by atoms with Crippen molar-refractivity contribution >= 4 is 15.3 Å². The molecule has 0 radical (unpaired) electrons. The molecule has 1 atom stereocenters. The number of rotatable bonds is 7. The average Bonchev–Trinajstić information content (AvgIpc) is 2.38. The average molecular weight is 258 g/mol. The molecule has 0 spiro atoms. The van der Waals surface area contributed by atoms with Crippen molar-refractivity contribution < 1.29 is 23.3 Å². The topological polar surface area (TPSA) is 54.0 Å². The Kier molecular flexibility index (Phi) is 5.73. The van der Waals surface area contributed by atoms with Gasteiger partial charge in [0.05, 0.1) is 20.8 Å². The summed E-state index contributed by atoms with van der Waals surface area (Å²) < 4.78 is 20.8. The van der Waals surface area contributed by atoms with Crippen LogP contribution in [-0.4, -0.2) is 27.1 Å². The van der Waals surface area contributed by atoms with E-state index in [1.54, 1.807) is 12.1 Å². The fourth-order valence-corrected chi connectivity index (χ4v) is 1.66. The maximum Gasteiger partial charge on any atom is 0.215 e. The van der Waals surface area contributed by atoms with E-state index in [9.17, 15) is 4.79 Å². The van der Waals surface area contributed by atoms with Gasteiger partial charge in [-0.15, -0.1) is 0 Å². The van der Waals surface area contributed by atoms with Gasteiger partial charge in [-0.1, -0.05) is 0 Å². The van der Waals surface area contributed by atoms with Gasteiger partial charge in [0.2, 0.25) is 14.8 Å². The van der Waals surface area contributed by atoms with Crippen molar-refractivity contribution in [3.05, 3.63) is 17.7 Å². The summed E-state index contributed by atoms with van der Waals surface area (Å²) in [5.74, 6) is 1.32. The highest BCUT2D eigenvalue weighted by molar-refractivity contribution is 7.26. The second kappa shape index (κ2) is 7.09. The molecule has 0 saturated carbocycles. The zero-order chi connectivity index (χ0) is 12.7. The van der Waals surface area contributed by atoms with Crippen molar-refractivity contribution in [3.8, 4) is 17.2 Å². The zero-order valence-electron chi connectivity index (χ0n) is 9.98. The van der Waals surface area contributed by atoms with Crippen LogP contribution in [0.1, 0.15) is 17.3 Å². The molecule has 0 aliphatic carbocycles. The molecule has 1 aromatic carbocycles. The highest BCUT2D eigenvalue weighted by Gasteiger charge is 2.14. The lowest BCUT2D eigenvalue weighted by Gasteiger charge is -2.14. The maximum absolute atomic E-state index is 10.7. The summed E-state index contributed by atoms with van der Waals surface area (Å²) in [7, 11) is 2.86. The molecule has 0 N–H and O–H groups in total. The number of benzene rings is 1. The number of hydrogen-bond donors (Lipinski definition) is 0. The molecule has 0 saturated heterocycles. The summed E-state index contributed by atoms with van der Waals surface area (Å²) in [5, 5.41) is 0. The van der Waals surface area contributed by atoms with Crippen LogP contribution < -0.4 is 14.0 Å². The second-order valence-electron chi connectivity index (χ2n) is 2.99. The van der Waals surface area contributed by atoms with Gasteiger partial charge in [0, 0.05) is 5.56 Å². The van der Waals surface area contributed by atoms with Crippen molar-refractivity contribution in [2.45, 2.75) is 6.92 Å². The molecule has 0 aliphatic rings. The highest BCUT2D eigenvalue weighted by Crippen LogP contribution is 2.41. The smallest absolute Gasteiger partial charge is 0.215 e. The fourth-order valence-electron chi connectivity index (χ4n) is 1.20. The predicted molar refractivity (Wildman–Crippen MR) is 65.5 cm³/mol. The van der Waals surface area contributed by atoms with Crippen LogP contribution in [-0.2, 0) is 4.52 Å². The molecule has 5 nitrogen and oxygen atoms in total. The summed E-state index contributed by atoms with van der Waals surface area (Å²) in [6.45, 7) is 2.44. The molecule has 17 heavy (non-hydrogen) atoms. The molecule has 0 heterocycles. The number of aldehydes is 1. The van der Waals surface area contributed by atoms with Crippen LogP contribution in [0.3, 0.4) is 0 Å². The van der Waals surface area contributed by atoms with Crippen molar-refractivity contribution in [2.24, 2.45) is 0 Å². The lowest BCUT2D eigenvalue weighted by Crippen LogP contribution is -1.95. The monoisotopic (exact) mass is 258 g/mol. The van der Waals surface area contributed by atoms with Crippen molar-refractivity contribution in [1.29, 1.82) is 0 Å². The Morgan fingerprint density at radius 2 is 1.82 bits per heavy atom. The third-order valence-electron chi connectivity index (χ3n) is 1.97. The molecule has 0 amide bonds. The van der Waals surface area contributed by atoms with Crippen LogP contribution in [0.15, 0.2) is 12.1 Å². The molecule has 0 aromatic heterocycles. The van der Waals surface area contributed by atoms with Gasteiger partial charge >= 0.3 is 0 Å². The second-order valence-corrected chi connectivity index (χ2v) is 3.65. The Morgan fingerprint density at radius 3 is 2.24 bits per heavy atom. The van der Waals surface area contributed by atoms with E-state index in [0.29, 0.717) is 29.4 Å². The van der Waals surface area contributed by atoms with E-state index in [2.05, 4.69) is 0 Å². The standard InChI is InChI=1S/C11H15O5P/c1-4-15-17-16-11-9(13-2)5-8(7-12)6-10(11)14-3/h5-7,17H,4H2,1-3H3. The van der Waals surface area contributed by atoms with Gasteiger partial charge in [0.1, 0.15) is 6.29 Å². The van der Waals surface area contributed by atoms with E-state index < -0.39 is 0 Å². The summed E-state index contributed by atoms with van der Waals surface area (Å²) in [5.41, 5.74) is 0.464. The van der Waals surface area contributed by atoms with E-state index in [0.717, 1.165) is 6.29 Å². The van der Waals surface area contributed by atoms with Crippen molar-refractivity contribution in [3.63, 3.8) is 0 Å². The quantitative estimate of drug-likeness (QED) is 0.427. The molecule has 6 heteroatoms. The summed E-state index contributed by atoms with van der Waals surface area (Å²) >= 11 is 0. The van der Waals surface area contributed by atoms with Gasteiger partial charge in [0.15, 0.2) is 11.5 Å². The van der Waals surface area contributed by atoms with Gasteiger partial charge in [0.25, 0.3) is 0 Å². The SMILES string of the molecule is CCOPOc1c(OC)cc(C=O)cc1OC. The lowest BCUT2D eigenvalue weighted by atomic mass is 10.2. The van der Waals surface area contributed by atoms with E-state index >= 15 is 0 Å². The normalized spacial score (nSPS) is 10.5. The van der Waals surface area contributed by atoms with Crippen LogP contribution in [0.5, 0.6) is 17.2 Å². The highest BCUT2D eigenvalue weighted by atomic mass is 31.1. The Hall–Kier alpha value is -1.32. The predicted octanol–water partition coefficient (Wildman–Crippen LogP) is 2.44. The number of ether oxygens (including phenoxy) is 2. The van der Waals surface area contributed by atoms with Gasteiger partial charge in [-0.25, -0.2) is 0 Å². The molecule has 1 aromatic rings. The van der Waals surface area contributed by atoms with E-state index in [-0.39, 0.29) is 9.03 Å². The first-order valence-corrected chi connectivity index (χ1v) is 5.83. The number of methoxy groups -OCH3 is 2. The van der Waals surface area contributed by atoms with Gasteiger partial charge in [-0.2, -0.15) is 0 Å². The first-order chi connectivity index (χ1) is 8.26. The van der Waals surface area contributed by atoms with Gasteiger partial charge < -0.3 is 18.5 Å². The van der Waals surface area contributed by atoms with E-state index in [1.807, 2.05) is 6.92 Å². The zero-order valence-corrected chi connectivity index (χ0v) is 11.0. The largest absolute Gasteiger partial charge is 0.493 e. The molecule has 1 rings (SSSR count). The molecular formula is C11H15O5P. The van der Waals surface area contributed by atoms with Crippen LogP contribution >= 0.6 is 9.03 Å². The number of hydrogen-bond acceptors (Lipinski definition) is 5. The third-order valence-corrected chi connectivity index (χ3v) is 2.66. The molecule has 94 valence electrons. The number of carbonyl (C=O) groups excluding carboxylic acids is 1. The molecule has 0 fully saturated rings. The van der Waals surface area contributed by atoms with Crippen LogP contribution in [0.25, 0.3) is 0 Å². The summed E-state index contributed by atoms with van der Waals surface area (Å²) in [6, 6.07) is 3.17. The Balaban J connectivity index is 3.01. The van der Waals surface area contributed by atoms with Gasteiger partial charge in [-0.05, 0) is 19.1 Å². The molecule has 0 bridgehead atoms. The van der Waals surface area contributed by atoms with Crippen molar-refractivity contribution in [1.82, 2.24) is 0 Å². The minimum Gasteiger partial charge on any atom is -0.493 e. The number of carbonyl (C=O) groups is 1. The maximum atomic E-state index is 10.7. The first kappa shape index (κ1) is 13.7. The van der Waals surface area contributed by atoms with Crippen LogP contribution in [0, 0.1) is 0 Å². The third kappa shape index (κ3) is 3.58. The summed E-state index contributed by atoms with van der Waals surface area (Å²) in [6.07, 6.45) is 0.722. The molecule has 0 aliphatic heterocycles. The van der Waals surface area contributed by atoms with Crippen LogP contribution in [0.4, 0.5) is 0 Å². The minimum absolute atomic E-state index is 0.142. The lowest BCUT2D eigenvalue weighted by molar-refractivity contribution is 0.112. The Labute approximate surface area is 102 Å². The van der Waals surface area contributed by atoms with Gasteiger partial charge in [-0.3, -0.25) is 4.79 Å². The summed E-state index contributed by atoms with van der Waals surface area (Å²) in [4.78, 5) is 10.7. The first-order valence-electron chi connectivity index (χ1n) is 5.01. The fraction of sp³-hybridized carbons (Fsp3) is 0.364. The van der Waals surface area contributed by atoms with Crippen molar-refractivity contribution in [2.75, 3.05) is 20.8 Å².